The van der Waals surface area contributed by atoms with Crippen molar-refractivity contribution in [1.82, 2.24) is 10.6 Å². The molecule has 2 N–H and O–H groups in total. The van der Waals surface area contributed by atoms with Gasteiger partial charge in [0.05, 0.1) is 0 Å². The minimum Gasteiger partial charge on any atom is -0.385 e. The van der Waals surface area contributed by atoms with Gasteiger partial charge in [-0.1, -0.05) is 18.2 Å². The summed E-state index contributed by atoms with van der Waals surface area (Å²) >= 11 is 1.70. The van der Waals surface area contributed by atoms with Gasteiger partial charge in [-0.05, 0) is 18.1 Å². The topological polar surface area (TPSA) is 45.7 Å². The van der Waals surface area contributed by atoms with E-state index in [-0.39, 0.29) is 5.82 Å². The highest BCUT2D eigenvalue weighted by Crippen LogP contribution is 2.14. The molecule has 0 aliphatic rings. The molecule has 0 saturated heterocycles. The van der Waals surface area contributed by atoms with Crippen LogP contribution in [0.1, 0.15) is 12.0 Å². The third-order valence-corrected chi connectivity index (χ3v) is 3.80. The summed E-state index contributed by atoms with van der Waals surface area (Å²) in [5.41, 5.74) is 0.754. The van der Waals surface area contributed by atoms with E-state index >= 15 is 0 Å². The zero-order chi connectivity index (χ0) is 15.3. The first-order valence-electron chi connectivity index (χ1n) is 7.02. The Labute approximate surface area is 130 Å². The first-order valence-corrected chi connectivity index (χ1v) is 8.18. The predicted octanol–water partition coefficient (Wildman–Crippen LogP) is 2.26. The van der Waals surface area contributed by atoms with E-state index in [1.165, 1.54) is 6.07 Å². The molecular weight excluding hydrogens is 289 g/mol. The maximum Gasteiger partial charge on any atom is 0.191 e. The van der Waals surface area contributed by atoms with Crippen LogP contribution in [0.4, 0.5) is 4.39 Å². The zero-order valence-electron chi connectivity index (χ0n) is 12.7. The second kappa shape index (κ2) is 11.4. The van der Waals surface area contributed by atoms with Crippen LogP contribution in [-0.4, -0.2) is 45.6 Å². The fourth-order valence-corrected chi connectivity index (χ4v) is 2.53. The second-order valence-electron chi connectivity index (χ2n) is 4.42. The Kier molecular flexibility index (Phi) is 9.65. The molecule has 0 aliphatic heterocycles. The molecule has 4 nitrogen and oxygen atoms in total. The molecule has 21 heavy (non-hydrogen) atoms. The lowest BCUT2D eigenvalue weighted by Crippen LogP contribution is -2.39. The highest BCUT2D eigenvalue weighted by molar-refractivity contribution is 7.98. The molecule has 0 atom stereocenters. The highest BCUT2D eigenvalue weighted by Gasteiger charge is 2.01. The van der Waals surface area contributed by atoms with E-state index in [2.05, 4.69) is 15.6 Å². The maximum absolute atomic E-state index is 13.4. The number of guanidine groups is 1. The summed E-state index contributed by atoms with van der Waals surface area (Å²) in [5, 5.41) is 6.44. The standard InChI is InChI=1S/C15H24FN3OS/c1-17-15(18-8-5-10-20-2)19-9-11-21-12-13-6-3-4-7-14(13)16/h3-4,6-7H,5,8-12H2,1-2H3,(H2,17,18,19). The molecule has 6 heteroatoms. The van der Waals surface area contributed by atoms with Gasteiger partial charge >= 0.3 is 0 Å². The van der Waals surface area contributed by atoms with E-state index in [1.54, 1.807) is 32.0 Å². The van der Waals surface area contributed by atoms with Gasteiger partial charge in [-0.3, -0.25) is 4.99 Å². The number of thioether (sulfide) groups is 1. The fourth-order valence-electron chi connectivity index (χ4n) is 1.68. The first-order chi connectivity index (χ1) is 10.3. The number of benzene rings is 1. The number of ether oxygens (including phenoxy) is 1. The van der Waals surface area contributed by atoms with Crippen LogP contribution in [0.25, 0.3) is 0 Å². The number of nitrogens with zero attached hydrogens (tertiary/aromatic N) is 1. The molecule has 0 amide bonds. The van der Waals surface area contributed by atoms with Crippen molar-refractivity contribution in [1.29, 1.82) is 0 Å². The van der Waals surface area contributed by atoms with E-state index in [9.17, 15) is 4.39 Å². The quantitative estimate of drug-likeness (QED) is 0.417. The highest BCUT2D eigenvalue weighted by atomic mass is 32.2. The van der Waals surface area contributed by atoms with Gasteiger partial charge < -0.3 is 15.4 Å². The van der Waals surface area contributed by atoms with Crippen LogP contribution < -0.4 is 10.6 Å². The Balaban J connectivity index is 2.11. The van der Waals surface area contributed by atoms with Crippen molar-refractivity contribution >= 4 is 17.7 Å². The van der Waals surface area contributed by atoms with Crippen LogP contribution in [0, 0.1) is 5.82 Å². The van der Waals surface area contributed by atoms with Crippen LogP contribution >= 0.6 is 11.8 Å². The van der Waals surface area contributed by atoms with Gasteiger partial charge in [-0.15, -0.1) is 0 Å². The lowest BCUT2D eigenvalue weighted by molar-refractivity contribution is 0.195. The second-order valence-corrected chi connectivity index (χ2v) is 5.52. The molecule has 0 heterocycles. The molecule has 0 aromatic heterocycles. The molecule has 0 radical (unpaired) electrons. The van der Waals surface area contributed by atoms with Crippen LogP contribution in [0.2, 0.25) is 0 Å². The van der Waals surface area contributed by atoms with Crippen LogP contribution in [0.15, 0.2) is 29.3 Å². The molecule has 0 spiro atoms. The largest absolute Gasteiger partial charge is 0.385 e. The van der Waals surface area contributed by atoms with Crippen LogP contribution in [0.3, 0.4) is 0 Å². The van der Waals surface area contributed by atoms with Crippen molar-refractivity contribution in [3.8, 4) is 0 Å². The average Bonchev–Trinajstić information content (AvgIpc) is 2.50. The zero-order valence-corrected chi connectivity index (χ0v) is 13.5. The number of rotatable bonds is 9. The van der Waals surface area contributed by atoms with Gasteiger partial charge in [0.25, 0.3) is 0 Å². The van der Waals surface area contributed by atoms with Gasteiger partial charge in [-0.25, -0.2) is 4.39 Å². The summed E-state index contributed by atoms with van der Waals surface area (Å²) in [6.07, 6.45) is 0.944. The molecule has 0 saturated carbocycles. The predicted molar refractivity (Wildman–Crippen MR) is 88.4 cm³/mol. The van der Waals surface area contributed by atoms with Gasteiger partial charge in [0.2, 0.25) is 0 Å². The third kappa shape index (κ3) is 7.92. The summed E-state index contributed by atoms with van der Waals surface area (Å²) in [7, 11) is 3.44. The van der Waals surface area contributed by atoms with E-state index in [0.29, 0.717) is 5.75 Å². The molecular formula is C15H24FN3OS. The minimum absolute atomic E-state index is 0.131. The Morgan fingerprint density at radius 3 is 2.76 bits per heavy atom. The Morgan fingerprint density at radius 1 is 1.29 bits per heavy atom. The Hall–Kier alpha value is -1.27. The minimum atomic E-state index is -0.131. The average molecular weight is 313 g/mol. The monoisotopic (exact) mass is 313 g/mol. The van der Waals surface area contributed by atoms with E-state index in [4.69, 9.17) is 4.74 Å². The number of hydrogen-bond donors (Lipinski definition) is 2. The van der Waals surface area contributed by atoms with Crippen molar-refractivity contribution in [2.75, 3.05) is 39.6 Å². The fraction of sp³-hybridized carbons (Fsp3) is 0.533. The van der Waals surface area contributed by atoms with Crippen molar-refractivity contribution in [2.24, 2.45) is 4.99 Å². The van der Waals surface area contributed by atoms with Crippen molar-refractivity contribution in [3.63, 3.8) is 0 Å². The molecule has 0 fully saturated rings. The molecule has 0 aliphatic carbocycles. The SMILES string of the molecule is CN=C(NCCCOC)NCCSCc1ccccc1F. The van der Waals surface area contributed by atoms with Crippen LogP contribution in [0.5, 0.6) is 0 Å². The van der Waals surface area contributed by atoms with Gasteiger partial charge in [0.1, 0.15) is 5.82 Å². The Morgan fingerprint density at radius 2 is 2.05 bits per heavy atom. The number of methoxy groups -OCH3 is 1. The summed E-state index contributed by atoms with van der Waals surface area (Å²) in [5.74, 6) is 2.24. The molecule has 1 aromatic rings. The number of nitrogens with one attached hydrogen (secondary N) is 2. The number of hydrogen-bond acceptors (Lipinski definition) is 3. The summed E-state index contributed by atoms with van der Waals surface area (Å²) in [6, 6.07) is 6.90. The summed E-state index contributed by atoms with van der Waals surface area (Å²) < 4.78 is 18.4. The molecule has 1 rings (SSSR count). The lowest BCUT2D eigenvalue weighted by Gasteiger charge is -2.11. The van der Waals surface area contributed by atoms with E-state index < -0.39 is 0 Å². The third-order valence-electron chi connectivity index (χ3n) is 2.80. The maximum atomic E-state index is 13.4. The molecule has 0 bridgehead atoms. The lowest BCUT2D eigenvalue weighted by atomic mass is 10.2. The van der Waals surface area contributed by atoms with Gasteiger partial charge in [0, 0.05) is 45.4 Å². The summed E-state index contributed by atoms with van der Waals surface area (Å²) in [4.78, 5) is 4.14. The number of halogens is 1. The van der Waals surface area contributed by atoms with Gasteiger partial charge in [0.15, 0.2) is 5.96 Å². The van der Waals surface area contributed by atoms with Crippen molar-refractivity contribution < 1.29 is 9.13 Å². The normalized spacial score (nSPS) is 11.5. The first kappa shape index (κ1) is 17.8. The molecule has 0 unspecified atom stereocenters. The van der Waals surface area contributed by atoms with E-state index in [1.807, 2.05) is 12.1 Å². The smallest absolute Gasteiger partial charge is 0.191 e. The van der Waals surface area contributed by atoms with Gasteiger partial charge in [-0.2, -0.15) is 11.8 Å². The van der Waals surface area contributed by atoms with Crippen molar-refractivity contribution in [3.05, 3.63) is 35.6 Å². The Bertz CT molecular complexity index is 429. The molecule has 118 valence electrons. The molecule has 1 aromatic carbocycles. The summed E-state index contributed by atoms with van der Waals surface area (Å²) in [6.45, 7) is 2.36. The number of aliphatic imine (C=N–C) groups is 1. The van der Waals surface area contributed by atoms with Crippen molar-refractivity contribution in [2.45, 2.75) is 12.2 Å². The van der Waals surface area contributed by atoms with E-state index in [0.717, 1.165) is 43.4 Å². The van der Waals surface area contributed by atoms with Crippen LogP contribution in [-0.2, 0) is 10.5 Å².